The third kappa shape index (κ3) is 2.60. The lowest BCUT2D eigenvalue weighted by atomic mass is 10.1. The highest BCUT2D eigenvalue weighted by Gasteiger charge is 1.99. The van der Waals surface area contributed by atoms with Crippen LogP contribution in [-0.4, -0.2) is 15.9 Å². The van der Waals surface area contributed by atoms with Gasteiger partial charge in [-0.05, 0) is 31.0 Å². The van der Waals surface area contributed by atoms with Crippen LogP contribution in [0.3, 0.4) is 0 Å². The molecule has 2 aromatic heterocycles. The van der Waals surface area contributed by atoms with Crippen LogP contribution in [0.2, 0.25) is 0 Å². The first-order chi connectivity index (χ1) is 9.33. The van der Waals surface area contributed by atoms with Crippen molar-refractivity contribution in [3.63, 3.8) is 0 Å². The monoisotopic (exact) mass is 251 g/mol. The SMILES string of the molecule is Cc1cccc(CCNc2cccc3nccn23)c1. The van der Waals surface area contributed by atoms with Crippen molar-refractivity contribution in [2.45, 2.75) is 13.3 Å². The number of rotatable bonds is 4. The van der Waals surface area contributed by atoms with Crippen LogP contribution < -0.4 is 5.32 Å². The first-order valence-electron chi connectivity index (χ1n) is 6.54. The molecule has 0 bridgehead atoms. The van der Waals surface area contributed by atoms with Gasteiger partial charge in [0.2, 0.25) is 0 Å². The van der Waals surface area contributed by atoms with Crippen molar-refractivity contribution in [3.8, 4) is 0 Å². The van der Waals surface area contributed by atoms with Crippen LogP contribution in [0.4, 0.5) is 5.82 Å². The fourth-order valence-corrected chi connectivity index (χ4v) is 2.29. The maximum absolute atomic E-state index is 4.28. The van der Waals surface area contributed by atoms with E-state index in [-0.39, 0.29) is 0 Å². The van der Waals surface area contributed by atoms with E-state index in [2.05, 4.69) is 52.0 Å². The van der Waals surface area contributed by atoms with Crippen LogP contribution in [0.15, 0.2) is 54.9 Å². The Morgan fingerprint density at radius 2 is 2.05 bits per heavy atom. The van der Waals surface area contributed by atoms with Gasteiger partial charge in [-0.25, -0.2) is 4.98 Å². The van der Waals surface area contributed by atoms with Gasteiger partial charge in [0.25, 0.3) is 0 Å². The molecule has 0 amide bonds. The summed E-state index contributed by atoms with van der Waals surface area (Å²) in [6.07, 6.45) is 4.82. The predicted octanol–water partition coefficient (Wildman–Crippen LogP) is 3.30. The molecule has 0 fully saturated rings. The van der Waals surface area contributed by atoms with E-state index in [1.807, 2.05) is 24.5 Å². The third-order valence-electron chi connectivity index (χ3n) is 3.23. The van der Waals surface area contributed by atoms with Crippen LogP contribution in [0.25, 0.3) is 5.65 Å². The lowest BCUT2D eigenvalue weighted by molar-refractivity contribution is 0.992. The molecule has 0 aliphatic rings. The van der Waals surface area contributed by atoms with E-state index < -0.39 is 0 Å². The van der Waals surface area contributed by atoms with Gasteiger partial charge in [-0.15, -0.1) is 0 Å². The minimum Gasteiger partial charge on any atom is -0.371 e. The number of aromatic nitrogens is 2. The Hall–Kier alpha value is -2.29. The summed E-state index contributed by atoms with van der Waals surface area (Å²) in [4.78, 5) is 4.28. The minimum atomic E-state index is 0.917. The Bertz CT molecular complexity index is 685. The molecular formula is C16H17N3. The number of aryl methyl sites for hydroxylation is 1. The molecule has 0 spiro atoms. The quantitative estimate of drug-likeness (QED) is 0.771. The molecule has 3 heteroatoms. The van der Waals surface area contributed by atoms with Crippen LogP contribution in [-0.2, 0) is 6.42 Å². The molecular weight excluding hydrogens is 234 g/mol. The van der Waals surface area contributed by atoms with E-state index in [1.54, 1.807) is 0 Å². The van der Waals surface area contributed by atoms with Gasteiger partial charge in [-0.2, -0.15) is 0 Å². The number of hydrogen-bond acceptors (Lipinski definition) is 2. The number of imidazole rings is 1. The van der Waals surface area contributed by atoms with Crippen molar-refractivity contribution in [1.82, 2.24) is 9.38 Å². The summed E-state index contributed by atoms with van der Waals surface area (Å²) >= 11 is 0. The van der Waals surface area contributed by atoms with Crippen LogP contribution >= 0.6 is 0 Å². The van der Waals surface area contributed by atoms with Crippen molar-refractivity contribution in [2.75, 3.05) is 11.9 Å². The second-order valence-corrected chi connectivity index (χ2v) is 4.73. The maximum atomic E-state index is 4.28. The summed E-state index contributed by atoms with van der Waals surface area (Å²) in [5.41, 5.74) is 3.65. The van der Waals surface area contributed by atoms with Crippen LogP contribution in [0.1, 0.15) is 11.1 Å². The summed E-state index contributed by atoms with van der Waals surface area (Å²) in [7, 11) is 0. The highest BCUT2D eigenvalue weighted by atomic mass is 15.1. The highest BCUT2D eigenvalue weighted by molar-refractivity contribution is 5.49. The van der Waals surface area contributed by atoms with Gasteiger partial charge in [0.15, 0.2) is 0 Å². The van der Waals surface area contributed by atoms with E-state index in [9.17, 15) is 0 Å². The summed E-state index contributed by atoms with van der Waals surface area (Å²) in [6, 6.07) is 14.8. The Kier molecular flexibility index (Phi) is 3.19. The lowest BCUT2D eigenvalue weighted by Gasteiger charge is -2.09. The van der Waals surface area contributed by atoms with Crippen molar-refractivity contribution in [3.05, 3.63) is 66.0 Å². The number of benzene rings is 1. The summed E-state index contributed by atoms with van der Waals surface area (Å²) in [5.74, 6) is 1.09. The predicted molar refractivity (Wildman–Crippen MR) is 78.6 cm³/mol. The van der Waals surface area contributed by atoms with Crippen molar-refractivity contribution < 1.29 is 0 Å². The normalized spacial score (nSPS) is 10.8. The first-order valence-corrected chi connectivity index (χ1v) is 6.54. The molecule has 0 saturated carbocycles. The van der Waals surface area contributed by atoms with Gasteiger partial charge in [0.05, 0.1) is 0 Å². The lowest BCUT2D eigenvalue weighted by Crippen LogP contribution is -2.07. The fraction of sp³-hybridized carbons (Fsp3) is 0.188. The minimum absolute atomic E-state index is 0.917. The third-order valence-corrected chi connectivity index (χ3v) is 3.23. The number of pyridine rings is 1. The molecule has 0 saturated heterocycles. The smallest absolute Gasteiger partial charge is 0.138 e. The molecule has 96 valence electrons. The molecule has 2 heterocycles. The first kappa shape index (κ1) is 11.8. The number of nitrogens with one attached hydrogen (secondary N) is 1. The molecule has 0 unspecified atom stereocenters. The molecule has 3 aromatic rings. The number of fused-ring (bicyclic) bond motifs is 1. The molecule has 1 N–H and O–H groups in total. The highest BCUT2D eigenvalue weighted by Crippen LogP contribution is 2.11. The molecule has 0 aliphatic carbocycles. The van der Waals surface area contributed by atoms with Gasteiger partial charge in [0.1, 0.15) is 11.5 Å². The van der Waals surface area contributed by atoms with Gasteiger partial charge in [-0.3, -0.25) is 4.40 Å². The molecule has 19 heavy (non-hydrogen) atoms. The Morgan fingerprint density at radius 3 is 2.95 bits per heavy atom. The number of hydrogen-bond donors (Lipinski definition) is 1. The van der Waals surface area contributed by atoms with Gasteiger partial charge in [-0.1, -0.05) is 35.9 Å². The van der Waals surface area contributed by atoms with Gasteiger partial charge >= 0.3 is 0 Å². The number of nitrogens with zero attached hydrogens (tertiary/aromatic N) is 2. The molecule has 1 aromatic carbocycles. The van der Waals surface area contributed by atoms with Gasteiger partial charge in [0, 0.05) is 18.9 Å². The van der Waals surface area contributed by atoms with Crippen LogP contribution in [0.5, 0.6) is 0 Å². The summed E-state index contributed by atoms with van der Waals surface area (Å²) < 4.78 is 2.07. The molecule has 3 rings (SSSR count). The molecule has 0 radical (unpaired) electrons. The standard InChI is InChI=1S/C16H17N3/c1-13-4-2-5-14(12-13)8-9-17-15-6-3-7-16-18-10-11-19(15)16/h2-7,10-12,17H,8-9H2,1H3. The van der Waals surface area contributed by atoms with E-state index in [0.717, 1.165) is 24.4 Å². The fourth-order valence-electron chi connectivity index (χ4n) is 2.29. The van der Waals surface area contributed by atoms with E-state index >= 15 is 0 Å². The number of anilines is 1. The zero-order chi connectivity index (χ0) is 13.1. The van der Waals surface area contributed by atoms with E-state index in [1.165, 1.54) is 11.1 Å². The molecule has 3 nitrogen and oxygen atoms in total. The van der Waals surface area contributed by atoms with Crippen molar-refractivity contribution in [1.29, 1.82) is 0 Å². The zero-order valence-corrected chi connectivity index (χ0v) is 11.0. The largest absolute Gasteiger partial charge is 0.371 e. The topological polar surface area (TPSA) is 29.3 Å². The zero-order valence-electron chi connectivity index (χ0n) is 11.0. The average Bonchev–Trinajstić information content (AvgIpc) is 2.88. The summed E-state index contributed by atoms with van der Waals surface area (Å²) in [5, 5.41) is 3.46. The maximum Gasteiger partial charge on any atom is 0.138 e. The second kappa shape index (κ2) is 5.14. The Balaban J connectivity index is 1.68. The molecule has 0 atom stereocenters. The second-order valence-electron chi connectivity index (χ2n) is 4.73. The van der Waals surface area contributed by atoms with E-state index in [0.29, 0.717) is 0 Å². The van der Waals surface area contributed by atoms with Crippen LogP contribution in [0, 0.1) is 6.92 Å². The van der Waals surface area contributed by atoms with E-state index in [4.69, 9.17) is 0 Å². The van der Waals surface area contributed by atoms with Crippen molar-refractivity contribution in [2.24, 2.45) is 0 Å². The average molecular weight is 251 g/mol. The Morgan fingerprint density at radius 1 is 1.16 bits per heavy atom. The molecule has 0 aliphatic heterocycles. The van der Waals surface area contributed by atoms with Crippen molar-refractivity contribution >= 4 is 11.5 Å². The summed E-state index contributed by atoms with van der Waals surface area (Å²) in [6.45, 7) is 3.05. The Labute approximate surface area is 112 Å². The van der Waals surface area contributed by atoms with Gasteiger partial charge < -0.3 is 5.32 Å².